The van der Waals surface area contributed by atoms with Crippen LogP contribution in [0, 0.1) is 0 Å². The van der Waals surface area contributed by atoms with Crippen molar-refractivity contribution in [3.05, 3.63) is 66.4 Å². The topological polar surface area (TPSA) is 65.1 Å². The van der Waals surface area contributed by atoms with Crippen molar-refractivity contribution in [3.8, 4) is 11.4 Å². The van der Waals surface area contributed by atoms with Crippen LogP contribution in [0.5, 0.6) is 0 Å². The van der Waals surface area contributed by atoms with Crippen molar-refractivity contribution in [2.45, 2.75) is 6.42 Å². The van der Waals surface area contributed by atoms with E-state index >= 15 is 0 Å². The van der Waals surface area contributed by atoms with Crippen LogP contribution in [-0.2, 0) is 11.2 Å². The number of aromatic amines is 1. The Bertz CT molecular complexity index is 1130. The Kier molecular flexibility index (Phi) is 4.73. The Morgan fingerprint density at radius 2 is 1.76 bits per heavy atom. The number of carbonyl (C=O) groups is 1. The average Bonchev–Trinajstić information content (AvgIpc) is 3.43. The molecule has 146 valence electrons. The first-order valence-corrected chi connectivity index (χ1v) is 10.5. The summed E-state index contributed by atoms with van der Waals surface area (Å²) in [5.41, 5.74) is 3.16. The predicted octanol–water partition coefficient (Wildman–Crippen LogP) is 3.58. The maximum atomic E-state index is 12.8. The molecule has 7 heteroatoms. The van der Waals surface area contributed by atoms with Gasteiger partial charge in [-0.25, -0.2) is 0 Å². The molecule has 2 aromatic heterocycles. The molecule has 0 atom stereocenters. The van der Waals surface area contributed by atoms with E-state index in [1.807, 2.05) is 59.6 Å². The molecule has 4 aromatic rings. The molecule has 0 bridgehead atoms. The van der Waals surface area contributed by atoms with Gasteiger partial charge in [-0.3, -0.25) is 4.79 Å². The summed E-state index contributed by atoms with van der Waals surface area (Å²) in [6.45, 7) is 2.98. The van der Waals surface area contributed by atoms with Crippen molar-refractivity contribution >= 4 is 33.5 Å². The second-order valence-corrected chi connectivity index (χ2v) is 7.90. The van der Waals surface area contributed by atoms with Gasteiger partial charge in [0, 0.05) is 60.4 Å². The standard InChI is InChI=1S/C22H21N5OS/c28-20(14-17-15-23-19-9-5-4-8-18(17)19)26-10-12-27(13-11-26)22-24-21(25-29-22)16-6-2-1-3-7-16/h1-9,15,23H,10-14H2. The SMILES string of the molecule is O=C(Cc1c[nH]c2ccccc12)N1CCN(c2nc(-c3ccccc3)ns2)CC1. The minimum absolute atomic E-state index is 0.177. The van der Waals surface area contributed by atoms with E-state index in [0.29, 0.717) is 19.5 Å². The zero-order chi connectivity index (χ0) is 19.6. The lowest BCUT2D eigenvalue weighted by molar-refractivity contribution is -0.130. The van der Waals surface area contributed by atoms with Crippen molar-refractivity contribution in [1.82, 2.24) is 19.2 Å². The molecule has 0 aliphatic carbocycles. The van der Waals surface area contributed by atoms with Crippen LogP contribution in [0.25, 0.3) is 22.3 Å². The zero-order valence-electron chi connectivity index (χ0n) is 15.9. The lowest BCUT2D eigenvalue weighted by atomic mass is 10.1. The Balaban J connectivity index is 1.21. The number of carbonyl (C=O) groups excluding carboxylic acids is 1. The van der Waals surface area contributed by atoms with Gasteiger partial charge in [-0.2, -0.15) is 9.36 Å². The average molecular weight is 404 g/mol. The third-order valence-corrected chi connectivity index (χ3v) is 6.14. The first-order valence-electron chi connectivity index (χ1n) is 9.75. The quantitative estimate of drug-likeness (QED) is 0.566. The van der Waals surface area contributed by atoms with Gasteiger partial charge in [0.05, 0.1) is 6.42 Å². The monoisotopic (exact) mass is 403 g/mol. The summed E-state index contributed by atoms with van der Waals surface area (Å²) in [4.78, 5) is 24.9. The molecule has 3 heterocycles. The number of hydrogen-bond donors (Lipinski definition) is 1. The molecule has 0 spiro atoms. The minimum atomic E-state index is 0.177. The van der Waals surface area contributed by atoms with Crippen LogP contribution in [0.3, 0.4) is 0 Å². The van der Waals surface area contributed by atoms with Gasteiger partial charge in [0.2, 0.25) is 11.0 Å². The van der Waals surface area contributed by atoms with Gasteiger partial charge < -0.3 is 14.8 Å². The van der Waals surface area contributed by atoms with Crippen LogP contribution >= 0.6 is 11.5 Å². The van der Waals surface area contributed by atoms with E-state index in [-0.39, 0.29) is 5.91 Å². The van der Waals surface area contributed by atoms with Gasteiger partial charge in [0.1, 0.15) is 0 Å². The number of aromatic nitrogens is 3. The number of benzene rings is 2. The van der Waals surface area contributed by atoms with Crippen LogP contribution in [-0.4, -0.2) is 51.3 Å². The van der Waals surface area contributed by atoms with E-state index < -0.39 is 0 Å². The molecule has 1 fully saturated rings. The summed E-state index contributed by atoms with van der Waals surface area (Å²) >= 11 is 1.42. The summed E-state index contributed by atoms with van der Waals surface area (Å²) in [5, 5.41) is 2.05. The van der Waals surface area contributed by atoms with Crippen molar-refractivity contribution in [2.24, 2.45) is 0 Å². The molecule has 1 aliphatic rings. The summed E-state index contributed by atoms with van der Waals surface area (Å²) < 4.78 is 4.50. The normalized spacial score (nSPS) is 14.5. The second kappa shape index (κ2) is 7.67. The number of fused-ring (bicyclic) bond motifs is 1. The van der Waals surface area contributed by atoms with Gasteiger partial charge in [0.25, 0.3) is 0 Å². The Labute approximate surface area is 173 Å². The van der Waals surface area contributed by atoms with E-state index in [9.17, 15) is 4.79 Å². The Hall–Kier alpha value is -3.19. The Morgan fingerprint density at radius 3 is 2.59 bits per heavy atom. The van der Waals surface area contributed by atoms with Gasteiger partial charge in [-0.1, -0.05) is 48.5 Å². The van der Waals surface area contributed by atoms with Crippen molar-refractivity contribution in [1.29, 1.82) is 0 Å². The Morgan fingerprint density at radius 1 is 1.00 bits per heavy atom. The molecule has 5 rings (SSSR count). The van der Waals surface area contributed by atoms with Gasteiger partial charge in [-0.15, -0.1) is 0 Å². The number of hydrogen-bond acceptors (Lipinski definition) is 5. The van der Waals surface area contributed by atoms with Gasteiger partial charge >= 0.3 is 0 Å². The van der Waals surface area contributed by atoms with Crippen LogP contribution in [0.4, 0.5) is 5.13 Å². The molecule has 0 saturated carbocycles. The first-order chi connectivity index (χ1) is 14.3. The minimum Gasteiger partial charge on any atom is -0.361 e. The number of nitrogens with zero attached hydrogens (tertiary/aromatic N) is 4. The number of piperazine rings is 1. The van der Waals surface area contributed by atoms with Crippen molar-refractivity contribution in [2.75, 3.05) is 31.1 Å². The van der Waals surface area contributed by atoms with E-state index in [4.69, 9.17) is 4.98 Å². The molecule has 29 heavy (non-hydrogen) atoms. The molecule has 0 radical (unpaired) electrons. The summed E-state index contributed by atoms with van der Waals surface area (Å²) in [6, 6.07) is 18.1. The molecule has 1 saturated heterocycles. The lowest BCUT2D eigenvalue weighted by Crippen LogP contribution is -2.49. The highest BCUT2D eigenvalue weighted by Crippen LogP contribution is 2.25. The van der Waals surface area contributed by atoms with Gasteiger partial charge in [0.15, 0.2) is 5.82 Å². The molecule has 6 nitrogen and oxygen atoms in total. The molecular weight excluding hydrogens is 382 g/mol. The summed E-state index contributed by atoms with van der Waals surface area (Å²) in [7, 11) is 0. The number of H-pyrrole nitrogens is 1. The predicted molar refractivity (Wildman–Crippen MR) is 116 cm³/mol. The summed E-state index contributed by atoms with van der Waals surface area (Å²) in [5.74, 6) is 0.945. The largest absolute Gasteiger partial charge is 0.361 e. The number of anilines is 1. The lowest BCUT2D eigenvalue weighted by Gasteiger charge is -2.34. The zero-order valence-corrected chi connectivity index (χ0v) is 16.7. The fraction of sp³-hybridized carbons (Fsp3) is 0.227. The second-order valence-electron chi connectivity index (χ2n) is 7.17. The fourth-order valence-corrected chi connectivity index (χ4v) is 4.49. The van der Waals surface area contributed by atoms with Crippen LogP contribution in [0.15, 0.2) is 60.8 Å². The molecule has 1 aliphatic heterocycles. The maximum absolute atomic E-state index is 12.8. The maximum Gasteiger partial charge on any atom is 0.227 e. The fourth-order valence-electron chi connectivity index (χ4n) is 3.75. The highest BCUT2D eigenvalue weighted by Gasteiger charge is 2.24. The van der Waals surface area contributed by atoms with E-state index in [2.05, 4.69) is 20.3 Å². The van der Waals surface area contributed by atoms with E-state index in [0.717, 1.165) is 46.1 Å². The van der Waals surface area contributed by atoms with Crippen LogP contribution in [0.1, 0.15) is 5.56 Å². The highest BCUT2D eigenvalue weighted by atomic mass is 32.1. The molecule has 0 unspecified atom stereocenters. The van der Waals surface area contributed by atoms with E-state index in [1.165, 1.54) is 11.5 Å². The molecular formula is C22H21N5OS. The highest BCUT2D eigenvalue weighted by molar-refractivity contribution is 7.09. The molecule has 2 aromatic carbocycles. The van der Waals surface area contributed by atoms with Gasteiger partial charge in [-0.05, 0) is 11.6 Å². The summed E-state index contributed by atoms with van der Waals surface area (Å²) in [6.07, 6.45) is 2.38. The third-order valence-electron chi connectivity index (χ3n) is 5.37. The smallest absolute Gasteiger partial charge is 0.227 e. The number of para-hydroxylation sites is 1. The molecule has 1 amide bonds. The number of nitrogens with one attached hydrogen (secondary N) is 1. The first kappa shape index (κ1) is 17.9. The third kappa shape index (κ3) is 3.61. The number of rotatable bonds is 4. The van der Waals surface area contributed by atoms with Crippen molar-refractivity contribution < 1.29 is 4.79 Å². The van der Waals surface area contributed by atoms with Crippen molar-refractivity contribution in [3.63, 3.8) is 0 Å². The number of amides is 1. The van der Waals surface area contributed by atoms with Crippen LogP contribution in [0.2, 0.25) is 0 Å². The van der Waals surface area contributed by atoms with E-state index in [1.54, 1.807) is 0 Å². The van der Waals surface area contributed by atoms with Crippen LogP contribution < -0.4 is 4.90 Å². The molecule has 1 N–H and O–H groups in total.